The number of carbonyl (C=O) groups is 2. The molecule has 0 saturated carbocycles. The minimum atomic E-state index is -3.86. The topological polar surface area (TPSA) is 118 Å². The first kappa shape index (κ1) is 21.4. The van der Waals surface area contributed by atoms with Gasteiger partial charge < -0.3 is 11.1 Å². The molecule has 0 saturated heterocycles. The van der Waals surface area contributed by atoms with Crippen LogP contribution >= 0.6 is 11.6 Å². The number of halogens is 1. The minimum absolute atomic E-state index is 0.0310. The zero-order valence-electron chi connectivity index (χ0n) is 15.8. The minimum Gasteiger partial charge on any atom is -0.366 e. The van der Waals surface area contributed by atoms with Gasteiger partial charge in [0, 0.05) is 27.5 Å². The van der Waals surface area contributed by atoms with Crippen LogP contribution in [-0.2, 0) is 10.0 Å². The number of primary amides is 1. The van der Waals surface area contributed by atoms with E-state index in [-0.39, 0.29) is 22.1 Å². The zero-order chi connectivity index (χ0) is 21.9. The summed E-state index contributed by atoms with van der Waals surface area (Å²) >= 11 is 5.83. The van der Waals surface area contributed by atoms with Gasteiger partial charge in [0.2, 0.25) is 5.91 Å². The Morgan fingerprint density at radius 1 is 0.900 bits per heavy atom. The summed E-state index contributed by atoms with van der Waals surface area (Å²) in [5, 5.41) is 3.27. The van der Waals surface area contributed by atoms with Crippen LogP contribution in [0.4, 0.5) is 11.4 Å². The van der Waals surface area contributed by atoms with E-state index in [0.29, 0.717) is 21.8 Å². The van der Waals surface area contributed by atoms with Gasteiger partial charge in [-0.25, -0.2) is 8.42 Å². The van der Waals surface area contributed by atoms with Gasteiger partial charge in [-0.15, -0.1) is 0 Å². The van der Waals surface area contributed by atoms with E-state index >= 15 is 0 Å². The monoisotopic (exact) mass is 443 g/mol. The summed E-state index contributed by atoms with van der Waals surface area (Å²) in [5.74, 6) is -0.936. The number of anilines is 2. The molecule has 0 aromatic heterocycles. The first-order chi connectivity index (χ1) is 14.2. The molecule has 154 valence electrons. The standard InChI is InChI=1S/C21H18ClN3O4S/c1-13-12-18(30(28,29)25-17-8-4-14(5-9-17)20(23)26)10-11-19(13)24-21(27)15-2-6-16(22)7-3-15/h2-12,25H,1H3,(H2,23,26)(H,24,27). The quantitative estimate of drug-likeness (QED) is 0.536. The molecule has 9 heteroatoms. The van der Waals surface area contributed by atoms with Gasteiger partial charge in [-0.3, -0.25) is 14.3 Å². The number of nitrogens with one attached hydrogen (secondary N) is 2. The van der Waals surface area contributed by atoms with E-state index in [2.05, 4.69) is 10.0 Å². The van der Waals surface area contributed by atoms with Crippen molar-refractivity contribution in [3.05, 3.63) is 88.4 Å². The Morgan fingerprint density at radius 2 is 1.50 bits per heavy atom. The predicted molar refractivity (Wildman–Crippen MR) is 116 cm³/mol. The second kappa shape index (κ2) is 8.56. The highest BCUT2D eigenvalue weighted by molar-refractivity contribution is 7.92. The van der Waals surface area contributed by atoms with Gasteiger partial charge in [0.05, 0.1) is 4.90 Å². The first-order valence-corrected chi connectivity index (χ1v) is 10.6. The molecule has 0 aliphatic rings. The molecule has 0 radical (unpaired) electrons. The number of sulfonamides is 1. The number of aryl methyl sites for hydroxylation is 1. The maximum Gasteiger partial charge on any atom is 0.261 e. The van der Waals surface area contributed by atoms with Gasteiger partial charge >= 0.3 is 0 Å². The zero-order valence-corrected chi connectivity index (χ0v) is 17.4. The summed E-state index contributed by atoms with van der Waals surface area (Å²) < 4.78 is 27.8. The van der Waals surface area contributed by atoms with E-state index in [9.17, 15) is 18.0 Å². The van der Waals surface area contributed by atoms with E-state index in [4.69, 9.17) is 17.3 Å². The maximum atomic E-state index is 12.7. The molecule has 0 unspecified atom stereocenters. The number of benzene rings is 3. The van der Waals surface area contributed by atoms with Gasteiger partial charge in [-0.1, -0.05) is 11.6 Å². The van der Waals surface area contributed by atoms with Gasteiger partial charge in [0.25, 0.3) is 15.9 Å². The molecule has 0 heterocycles. The average Bonchev–Trinajstić information content (AvgIpc) is 2.70. The van der Waals surface area contributed by atoms with E-state index in [1.807, 2.05) is 0 Å². The molecule has 2 amide bonds. The molecule has 0 bridgehead atoms. The molecular formula is C21H18ClN3O4S. The lowest BCUT2D eigenvalue weighted by atomic mass is 10.1. The Hall–Kier alpha value is -3.36. The van der Waals surface area contributed by atoms with Crippen molar-refractivity contribution in [1.82, 2.24) is 0 Å². The number of nitrogens with two attached hydrogens (primary N) is 1. The highest BCUT2D eigenvalue weighted by Gasteiger charge is 2.16. The number of rotatable bonds is 6. The molecule has 3 rings (SSSR count). The summed E-state index contributed by atoms with van der Waals surface area (Å²) in [4.78, 5) is 23.5. The van der Waals surface area contributed by atoms with Crippen molar-refractivity contribution in [3.8, 4) is 0 Å². The van der Waals surface area contributed by atoms with Crippen LogP contribution in [0.1, 0.15) is 26.3 Å². The summed E-state index contributed by atoms with van der Waals surface area (Å²) in [7, 11) is -3.86. The Kier molecular flexibility index (Phi) is 6.09. The van der Waals surface area contributed by atoms with Crippen molar-refractivity contribution in [2.75, 3.05) is 10.0 Å². The van der Waals surface area contributed by atoms with Crippen molar-refractivity contribution >= 4 is 44.8 Å². The molecule has 0 aliphatic heterocycles. The van der Waals surface area contributed by atoms with E-state index in [1.165, 1.54) is 42.5 Å². The lowest BCUT2D eigenvalue weighted by Crippen LogP contribution is -2.15. The van der Waals surface area contributed by atoms with Crippen molar-refractivity contribution in [1.29, 1.82) is 0 Å². The second-order valence-corrected chi connectivity index (χ2v) is 8.60. The molecule has 0 fully saturated rings. The van der Waals surface area contributed by atoms with E-state index < -0.39 is 15.9 Å². The van der Waals surface area contributed by atoms with Crippen LogP contribution in [0.5, 0.6) is 0 Å². The fourth-order valence-corrected chi connectivity index (χ4v) is 3.93. The van der Waals surface area contributed by atoms with Crippen molar-refractivity contribution in [3.63, 3.8) is 0 Å². The lowest BCUT2D eigenvalue weighted by Gasteiger charge is -2.12. The molecule has 0 aliphatic carbocycles. The largest absolute Gasteiger partial charge is 0.366 e. The summed E-state index contributed by atoms with van der Waals surface area (Å²) in [5.41, 5.74) is 7.23. The Morgan fingerprint density at radius 3 is 2.07 bits per heavy atom. The summed E-state index contributed by atoms with van der Waals surface area (Å²) in [6.07, 6.45) is 0. The van der Waals surface area contributed by atoms with Crippen LogP contribution in [0.15, 0.2) is 71.6 Å². The highest BCUT2D eigenvalue weighted by Crippen LogP contribution is 2.23. The predicted octanol–water partition coefficient (Wildman–Crippen LogP) is 3.80. The number of hydrogen-bond donors (Lipinski definition) is 3. The highest BCUT2D eigenvalue weighted by atomic mass is 35.5. The molecule has 7 nitrogen and oxygen atoms in total. The van der Waals surface area contributed by atoms with E-state index in [0.717, 1.165) is 0 Å². The molecular weight excluding hydrogens is 426 g/mol. The Balaban J connectivity index is 1.77. The maximum absolute atomic E-state index is 12.7. The van der Waals surface area contributed by atoms with Gasteiger partial charge in [0.15, 0.2) is 0 Å². The lowest BCUT2D eigenvalue weighted by molar-refractivity contribution is 0.0997. The summed E-state index contributed by atoms with van der Waals surface area (Å²) in [6, 6.07) is 16.5. The number of carbonyl (C=O) groups excluding carboxylic acids is 2. The van der Waals surface area contributed by atoms with Crippen LogP contribution in [0.3, 0.4) is 0 Å². The van der Waals surface area contributed by atoms with Crippen LogP contribution < -0.4 is 15.8 Å². The fourth-order valence-electron chi connectivity index (χ4n) is 2.66. The van der Waals surface area contributed by atoms with Crippen molar-refractivity contribution in [2.45, 2.75) is 11.8 Å². The first-order valence-electron chi connectivity index (χ1n) is 8.76. The second-order valence-electron chi connectivity index (χ2n) is 6.48. The molecule has 4 N–H and O–H groups in total. The van der Waals surface area contributed by atoms with Crippen LogP contribution in [0.2, 0.25) is 5.02 Å². The van der Waals surface area contributed by atoms with Crippen molar-refractivity contribution in [2.24, 2.45) is 5.73 Å². The van der Waals surface area contributed by atoms with Gasteiger partial charge in [-0.2, -0.15) is 0 Å². The number of amides is 2. The fraction of sp³-hybridized carbons (Fsp3) is 0.0476. The summed E-state index contributed by atoms with van der Waals surface area (Å²) in [6.45, 7) is 1.69. The van der Waals surface area contributed by atoms with Crippen molar-refractivity contribution < 1.29 is 18.0 Å². The van der Waals surface area contributed by atoms with Crippen LogP contribution in [0.25, 0.3) is 0 Å². The third-order valence-electron chi connectivity index (χ3n) is 4.28. The molecule has 3 aromatic carbocycles. The van der Waals surface area contributed by atoms with Crippen LogP contribution in [0, 0.1) is 6.92 Å². The third-order valence-corrected chi connectivity index (χ3v) is 5.92. The molecule has 0 atom stereocenters. The molecule has 30 heavy (non-hydrogen) atoms. The Bertz CT molecular complexity index is 1210. The van der Waals surface area contributed by atoms with Gasteiger partial charge in [-0.05, 0) is 79.2 Å². The smallest absolute Gasteiger partial charge is 0.261 e. The number of hydrogen-bond acceptors (Lipinski definition) is 4. The van der Waals surface area contributed by atoms with Gasteiger partial charge in [0.1, 0.15) is 0 Å². The van der Waals surface area contributed by atoms with Crippen LogP contribution in [-0.4, -0.2) is 20.2 Å². The average molecular weight is 444 g/mol. The SMILES string of the molecule is Cc1cc(S(=O)(=O)Nc2ccc(C(N)=O)cc2)ccc1NC(=O)c1ccc(Cl)cc1. The third kappa shape index (κ3) is 4.97. The Labute approximate surface area is 178 Å². The molecule has 0 spiro atoms. The van der Waals surface area contributed by atoms with E-state index in [1.54, 1.807) is 31.2 Å². The molecule has 3 aromatic rings. The normalized spacial score (nSPS) is 11.0.